The smallest absolute Gasteiger partial charge is 0.223 e. The van der Waals surface area contributed by atoms with Crippen LogP contribution in [-0.2, 0) is 9.53 Å². The highest BCUT2D eigenvalue weighted by atomic mass is 19.1. The van der Waals surface area contributed by atoms with Crippen LogP contribution in [0.2, 0.25) is 0 Å². The fourth-order valence-corrected chi connectivity index (χ4v) is 2.22. The molecular weight excluding hydrogens is 245 g/mol. The lowest BCUT2D eigenvalue weighted by Crippen LogP contribution is -2.27. The van der Waals surface area contributed by atoms with Gasteiger partial charge in [-0.15, -0.1) is 0 Å². The van der Waals surface area contributed by atoms with Crippen molar-refractivity contribution in [3.63, 3.8) is 0 Å². The second-order valence-electron chi connectivity index (χ2n) is 4.84. The minimum Gasteiger partial charge on any atom is -0.382 e. The largest absolute Gasteiger partial charge is 0.382 e. The number of carbonyl (C=O) groups excluding carboxylic acids is 1. The lowest BCUT2D eigenvalue weighted by atomic mass is 10.1. The molecule has 4 heteroatoms. The Balaban J connectivity index is 1.70. The molecule has 1 aliphatic carbocycles. The SMILES string of the molecule is CCOCCCNC(=O)C1CC1c1ccc(F)cc1. The van der Waals surface area contributed by atoms with Crippen molar-refractivity contribution in [1.29, 1.82) is 0 Å². The molecule has 3 nitrogen and oxygen atoms in total. The van der Waals surface area contributed by atoms with E-state index in [9.17, 15) is 9.18 Å². The van der Waals surface area contributed by atoms with Crippen LogP contribution in [0.5, 0.6) is 0 Å². The molecule has 0 bridgehead atoms. The van der Waals surface area contributed by atoms with E-state index in [0.717, 1.165) is 18.4 Å². The average molecular weight is 265 g/mol. The average Bonchev–Trinajstić information content (AvgIpc) is 3.19. The molecule has 0 aromatic heterocycles. The molecule has 0 spiro atoms. The van der Waals surface area contributed by atoms with Gasteiger partial charge in [-0.25, -0.2) is 4.39 Å². The maximum absolute atomic E-state index is 12.8. The molecule has 2 unspecified atom stereocenters. The standard InChI is InChI=1S/C15H20FNO2/c1-2-19-9-3-8-17-15(18)14-10-13(14)11-4-6-12(16)7-5-11/h4-7,13-14H,2-3,8-10H2,1H3,(H,17,18). The topological polar surface area (TPSA) is 38.3 Å². The van der Waals surface area contributed by atoms with E-state index >= 15 is 0 Å². The number of nitrogens with one attached hydrogen (secondary N) is 1. The molecule has 0 heterocycles. The van der Waals surface area contributed by atoms with E-state index in [1.807, 2.05) is 6.92 Å². The second kappa shape index (κ2) is 6.66. The number of hydrogen-bond donors (Lipinski definition) is 1. The molecule has 1 N–H and O–H groups in total. The van der Waals surface area contributed by atoms with E-state index in [1.54, 1.807) is 12.1 Å². The third kappa shape index (κ3) is 4.03. The summed E-state index contributed by atoms with van der Waals surface area (Å²) in [5.41, 5.74) is 1.05. The Bertz CT molecular complexity index is 419. The number of ether oxygens (including phenoxy) is 1. The molecule has 1 aromatic rings. The van der Waals surface area contributed by atoms with Gasteiger partial charge in [-0.2, -0.15) is 0 Å². The van der Waals surface area contributed by atoms with Crippen molar-refractivity contribution in [2.24, 2.45) is 5.92 Å². The van der Waals surface area contributed by atoms with Crippen molar-refractivity contribution < 1.29 is 13.9 Å². The molecular formula is C15H20FNO2. The van der Waals surface area contributed by atoms with Crippen LogP contribution in [0.15, 0.2) is 24.3 Å². The summed E-state index contributed by atoms with van der Waals surface area (Å²) < 4.78 is 18.0. The van der Waals surface area contributed by atoms with Crippen molar-refractivity contribution in [3.8, 4) is 0 Å². The third-order valence-electron chi connectivity index (χ3n) is 3.39. The summed E-state index contributed by atoms with van der Waals surface area (Å²) in [5.74, 6) is 0.178. The fourth-order valence-electron chi connectivity index (χ4n) is 2.22. The first-order valence-corrected chi connectivity index (χ1v) is 6.83. The minimum absolute atomic E-state index is 0.0533. The van der Waals surface area contributed by atoms with Crippen molar-refractivity contribution in [2.75, 3.05) is 19.8 Å². The van der Waals surface area contributed by atoms with Gasteiger partial charge in [-0.3, -0.25) is 4.79 Å². The maximum atomic E-state index is 12.8. The van der Waals surface area contributed by atoms with E-state index in [0.29, 0.717) is 19.8 Å². The van der Waals surface area contributed by atoms with Gasteiger partial charge in [-0.1, -0.05) is 12.1 Å². The molecule has 1 amide bonds. The zero-order valence-corrected chi connectivity index (χ0v) is 11.2. The molecule has 0 radical (unpaired) electrons. The Kier molecular flexibility index (Phi) is 4.91. The maximum Gasteiger partial charge on any atom is 0.223 e. The van der Waals surface area contributed by atoms with Crippen molar-refractivity contribution in [1.82, 2.24) is 5.32 Å². The van der Waals surface area contributed by atoms with Crippen LogP contribution in [-0.4, -0.2) is 25.7 Å². The predicted molar refractivity (Wildman–Crippen MR) is 71.4 cm³/mol. The van der Waals surface area contributed by atoms with Crippen molar-refractivity contribution in [2.45, 2.75) is 25.7 Å². The van der Waals surface area contributed by atoms with Crippen LogP contribution in [0.3, 0.4) is 0 Å². The van der Waals surface area contributed by atoms with E-state index in [1.165, 1.54) is 12.1 Å². The van der Waals surface area contributed by atoms with Gasteiger partial charge in [0.15, 0.2) is 0 Å². The number of carbonyl (C=O) groups is 1. The summed E-state index contributed by atoms with van der Waals surface area (Å²) in [6.07, 6.45) is 1.70. The number of benzene rings is 1. The molecule has 1 aliphatic rings. The van der Waals surface area contributed by atoms with Crippen LogP contribution in [0.25, 0.3) is 0 Å². The van der Waals surface area contributed by atoms with Gasteiger partial charge in [0.25, 0.3) is 0 Å². The first-order valence-electron chi connectivity index (χ1n) is 6.83. The Morgan fingerprint density at radius 2 is 2.16 bits per heavy atom. The van der Waals surface area contributed by atoms with Crippen LogP contribution >= 0.6 is 0 Å². The Morgan fingerprint density at radius 3 is 2.84 bits per heavy atom. The van der Waals surface area contributed by atoms with E-state index in [-0.39, 0.29) is 23.6 Å². The Labute approximate surface area is 113 Å². The molecule has 2 rings (SSSR count). The van der Waals surface area contributed by atoms with Crippen molar-refractivity contribution in [3.05, 3.63) is 35.6 Å². The van der Waals surface area contributed by atoms with Gasteiger partial charge in [0, 0.05) is 25.7 Å². The summed E-state index contributed by atoms with van der Waals surface area (Å²) in [6, 6.07) is 6.43. The fraction of sp³-hybridized carbons (Fsp3) is 0.533. The molecule has 19 heavy (non-hydrogen) atoms. The number of rotatable bonds is 7. The van der Waals surface area contributed by atoms with Gasteiger partial charge < -0.3 is 10.1 Å². The zero-order chi connectivity index (χ0) is 13.7. The minimum atomic E-state index is -0.235. The lowest BCUT2D eigenvalue weighted by Gasteiger charge is -2.05. The molecule has 104 valence electrons. The van der Waals surface area contributed by atoms with Crippen molar-refractivity contribution >= 4 is 5.91 Å². The summed E-state index contributed by atoms with van der Waals surface area (Å²) in [6.45, 7) is 4.01. The molecule has 2 atom stereocenters. The first-order chi connectivity index (χ1) is 9.22. The summed E-state index contributed by atoms with van der Waals surface area (Å²) in [7, 11) is 0. The van der Waals surface area contributed by atoms with Crippen LogP contribution in [0, 0.1) is 11.7 Å². The summed E-state index contributed by atoms with van der Waals surface area (Å²) >= 11 is 0. The Hall–Kier alpha value is -1.42. The first kappa shape index (κ1) is 14.0. The van der Waals surface area contributed by atoms with Gasteiger partial charge >= 0.3 is 0 Å². The van der Waals surface area contributed by atoms with Gasteiger partial charge in [0.1, 0.15) is 5.82 Å². The number of amides is 1. The highest BCUT2D eigenvalue weighted by molar-refractivity contribution is 5.82. The highest BCUT2D eigenvalue weighted by Gasteiger charge is 2.43. The molecule has 1 aromatic carbocycles. The summed E-state index contributed by atoms with van der Waals surface area (Å²) in [4.78, 5) is 11.9. The van der Waals surface area contributed by atoms with Crippen LogP contribution in [0.1, 0.15) is 31.2 Å². The third-order valence-corrected chi connectivity index (χ3v) is 3.39. The van der Waals surface area contributed by atoms with Crippen LogP contribution < -0.4 is 5.32 Å². The predicted octanol–water partition coefficient (Wildman–Crippen LogP) is 2.47. The van der Waals surface area contributed by atoms with E-state index < -0.39 is 0 Å². The number of hydrogen-bond acceptors (Lipinski definition) is 2. The normalized spacial score (nSPS) is 21.2. The van der Waals surface area contributed by atoms with Gasteiger partial charge in [0.05, 0.1) is 0 Å². The van der Waals surface area contributed by atoms with Crippen LogP contribution in [0.4, 0.5) is 4.39 Å². The number of halogens is 1. The highest BCUT2D eigenvalue weighted by Crippen LogP contribution is 2.47. The van der Waals surface area contributed by atoms with Gasteiger partial charge in [0.2, 0.25) is 5.91 Å². The Morgan fingerprint density at radius 1 is 1.42 bits per heavy atom. The monoisotopic (exact) mass is 265 g/mol. The zero-order valence-electron chi connectivity index (χ0n) is 11.2. The second-order valence-corrected chi connectivity index (χ2v) is 4.84. The molecule has 0 aliphatic heterocycles. The van der Waals surface area contributed by atoms with Gasteiger partial charge in [-0.05, 0) is 43.4 Å². The molecule has 0 saturated heterocycles. The van der Waals surface area contributed by atoms with E-state index in [4.69, 9.17) is 4.74 Å². The lowest BCUT2D eigenvalue weighted by molar-refractivity contribution is -0.122. The quantitative estimate of drug-likeness (QED) is 0.769. The molecule has 1 fully saturated rings. The summed E-state index contributed by atoms with van der Waals surface area (Å²) in [5, 5.41) is 2.92. The molecule has 1 saturated carbocycles. The van der Waals surface area contributed by atoms with E-state index in [2.05, 4.69) is 5.32 Å².